The summed E-state index contributed by atoms with van der Waals surface area (Å²) >= 11 is 9.79. The zero-order chi connectivity index (χ0) is 24.0. The summed E-state index contributed by atoms with van der Waals surface area (Å²) in [4.78, 5) is 11.1. The average molecular weight is 561 g/mol. The maximum absolute atomic E-state index is 13.1. The van der Waals surface area contributed by atoms with E-state index in [1.165, 1.54) is 12.1 Å². The molecule has 3 atom stereocenters. The maximum Gasteiger partial charge on any atom is 0.269 e. The van der Waals surface area contributed by atoms with Crippen LogP contribution in [0.25, 0.3) is 0 Å². The number of sulfonamides is 1. The first-order valence-corrected chi connectivity index (χ1v) is 13.2. The third-order valence-electron chi connectivity index (χ3n) is 6.27. The van der Waals surface area contributed by atoms with Crippen LogP contribution in [-0.4, -0.2) is 13.3 Å². The van der Waals surface area contributed by atoms with Crippen LogP contribution >= 0.6 is 27.5 Å². The van der Waals surface area contributed by atoms with E-state index in [2.05, 4.69) is 38.1 Å². The fraction of sp³-hybridized carbons (Fsp3) is 0.167. The molecular formula is C24H19BrClN3O4S. The molecule has 3 aromatic rings. The summed E-state index contributed by atoms with van der Waals surface area (Å²) in [6.07, 6.45) is 4.88. The van der Waals surface area contributed by atoms with Gasteiger partial charge in [-0.2, -0.15) is 0 Å². The van der Waals surface area contributed by atoms with Crippen LogP contribution < -0.4 is 10.0 Å². The lowest BCUT2D eigenvalue weighted by Crippen LogP contribution is -2.29. The van der Waals surface area contributed by atoms with Gasteiger partial charge in [-0.05, 0) is 66.4 Å². The number of fused-ring (bicyclic) bond motifs is 3. The number of nitro groups is 1. The first-order valence-electron chi connectivity index (χ1n) is 10.5. The highest BCUT2D eigenvalue weighted by Crippen LogP contribution is 2.51. The van der Waals surface area contributed by atoms with Gasteiger partial charge in [0.05, 0.1) is 15.9 Å². The van der Waals surface area contributed by atoms with Crippen LogP contribution in [0.3, 0.4) is 0 Å². The highest BCUT2D eigenvalue weighted by molar-refractivity contribution is 9.10. The summed E-state index contributed by atoms with van der Waals surface area (Å²) in [6, 6.07) is 16.1. The van der Waals surface area contributed by atoms with E-state index in [1.807, 2.05) is 0 Å². The normalized spacial score (nSPS) is 20.8. The molecule has 1 heterocycles. The Bertz CT molecular complexity index is 1430. The van der Waals surface area contributed by atoms with Crippen molar-refractivity contribution in [1.29, 1.82) is 0 Å². The van der Waals surface area contributed by atoms with Crippen LogP contribution in [0.2, 0.25) is 5.02 Å². The standard InChI is InChI=1S/C24H19BrClN3O4S/c25-14-4-6-15(7-5-14)28-34(32,33)17-9-11-23-20(13-17)18-2-1-3-19(18)24(27-23)21-12-16(29(30)31)8-10-22(21)26/h1-2,4-13,18-19,24,27-28H,3H2/t18-,19+,24-/m0/s1. The molecule has 174 valence electrons. The average Bonchev–Trinajstić information content (AvgIpc) is 3.30. The van der Waals surface area contributed by atoms with Gasteiger partial charge in [0.2, 0.25) is 0 Å². The van der Waals surface area contributed by atoms with Gasteiger partial charge in [0.15, 0.2) is 0 Å². The molecule has 2 aliphatic rings. The molecule has 0 saturated carbocycles. The van der Waals surface area contributed by atoms with Gasteiger partial charge < -0.3 is 5.32 Å². The number of rotatable bonds is 5. The van der Waals surface area contributed by atoms with Crippen LogP contribution in [0.1, 0.15) is 29.5 Å². The van der Waals surface area contributed by atoms with Gasteiger partial charge in [-0.25, -0.2) is 8.42 Å². The fourth-order valence-corrected chi connectivity index (χ4v) is 6.26. The molecule has 0 bridgehead atoms. The number of nitrogens with one attached hydrogen (secondary N) is 2. The molecule has 0 fully saturated rings. The summed E-state index contributed by atoms with van der Waals surface area (Å²) in [5.74, 6) is 0.00352. The summed E-state index contributed by atoms with van der Waals surface area (Å²) < 4.78 is 29.6. The molecule has 7 nitrogen and oxygen atoms in total. The number of hydrogen-bond donors (Lipinski definition) is 2. The Hall–Kier alpha value is -2.88. The molecule has 3 aromatic carbocycles. The number of nitro benzene ring substituents is 1. The summed E-state index contributed by atoms with van der Waals surface area (Å²) in [5.41, 5.74) is 2.76. The molecule has 0 aromatic heterocycles. The van der Waals surface area contributed by atoms with Crippen molar-refractivity contribution in [3.63, 3.8) is 0 Å². The molecule has 0 spiro atoms. The third-order valence-corrected chi connectivity index (χ3v) is 8.52. The van der Waals surface area contributed by atoms with E-state index in [-0.39, 0.29) is 28.5 Å². The minimum absolute atomic E-state index is 0.0186. The van der Waals surface area contributed by atoms with Crippen LogP contribution in [0, 0.1) is 16.0 Å². The van der Waals surface area contributed by atoms with Crippen LogP contribution in [-0.2, 0) is 10.0 Å². The quantitative estimate of drug-likeness (QED) is 0.207. The van der Waals surface area contributed by atoms with E-state index in [9.17, 15) is 18.5 Å². The van der Waals surface area contributed by atoms with Gasteiger partial charge >= 0.3 is 0 Å². The smallest absolute Gasteiger partial charge is 0.269 e. The maximum atomic E-state index is 13.1. The lowest BCUT2D eigenvalue weighted by Gasteiger charge is -2.38. The van der Waals surface area contributed by atoms with Crippen LogP contribution in [0.4, 0.5) is 17.1 Å². The Balaban J connectivity index is 1.50. The fourth-order valence-electron chi connectivity index (χ4n) is 4.66. The van der Waals surface area contributed by atoms with Gasteiger partial charge in [-0.1, -0.05) is 39.7 Å². The molecule has 1 aliphatic carbocycles. The molecular weight excluding hydrogens is 542 g/mol. The Morgan fingerprint density at radius 2 is 1.82 bits per heavy atom. The molecule has 0 amide bonds. The second kappa shape index (κ2) is 8.72. The van der Waals surface area contributed by atoms with Crippen LogP contribution in [0.15, 0.2) is 82.2 Å². The largest absolute Gasteiger partial charge is 0.378 e. The van der Waals surface area contributed by atoms with Crippen molar-refractivity contribution in [3.8, 4) is 0 Å². The number of hydrogen-bond acceptors (Lipinski definition) is 5. The zero-order valence-electron chi connectivity index (χ0n) is 17.6. The molecule has 0 radical (unpaired) electrons. The van der Waals surface area contributed by atoms with E-state index in [4.69, 9.17) is 11.6 Å². The summed E-state index contributed by atoms with van der Waals surface area (Å²) in [5, 5.41) is 15.2. The first kappa shape index (κ1) is 22.9. The Kier molecular flexibility index (Phi) is 5.87. The molecule has 10 heteroatoms. The van der Waals surface area contributed by atoms with Crippen LogP contribution in [0.5, 0.6) is 0 Å². The zero-order valence-corrected chi connectivity index (χ0v) is 20.8. The molecule has 1 aliphatic heterocycles. The van der Waals surface area contributed by atoms with Crippen molar-refractivity contribution < 1.29 is 13.3 Å². The van der Waals surface area contributed by atoms with E-state index in [0.717, 1.165) is 22.1 Å². The molecule has 5 rings (SSSR count). The van der Waals surface area contributed by atoms with E-state index >= 15 is 0 Å². The van der Waals surface area contributed by atoms with Crippen molar-refractivity contribution in [3.05, 3.63) is 104 Å². The highest BCUT2D eigenvalue weighted by Gasteiger charge is 2.39. The number of non-ortho nitro benzene ring substituents is 1. The Morgan fingerprint density at radius 3 is 2.56 bits per heavy atom. The topological polar surface area (TPSA) is 101 Å². The second-order valence-electron chi connectivity index (χ2n) is 8.30. The second-order valence-corrected chi connectivity index (χ2v) is 11.3. The minimum Gasteiger partial charge on any atom is -0.378 e. The Labute approximate surface area is 210 Å². The lowest BCUT2D eigenvalue weighted by molar-refractivity contribution is -0.384. The number of nitrogens with zero attached hydrogens (tertiary/aromatic N) is 1. The van der Waals surface area contributed by atoms with Crippen molar-refractivity contribution in [2.75, 3.05) is 10.0 Å². The van der Waals surface area contributed by atoms with Gasteiger partial charge in [0.1, 0.15) is 0 Å². The molecule has 2 N–H and O–H groups in total. The molecule has 0 saturated heterocycles. The van der Waals surface area contributed by atoms with Crippen molar-refractivity contribution in [2.45, 2.75) is 23.3 Å². The number of allylic oxidation sites excluding steroid dienone is 2. The van der Waals surface area contributed by atoms with Gasteiger partial charge in [0.25, 0.3) is 15.7 Å². The molecule has 34 heavy (non-hydrogen) atoms. The van der Waals surface area contributed by atoms with E-state index < -0.39 is 14.9 Å². The predicted molar refractivity (Wildman–Crippen MR) is 136 cm³/mol. The number of anilines is 2. The summed E-state index contributed by atoms with van der Waals surface area (Å²) in [7, 11) is -3.79. The first-order chi connectivity index (χ1) is 16.2. The monoisotopic (exact) mass is 559 g/mol. The SMILES string of the molecule is O=[N+]([O-])c1ccc(Cl)c([C@H]2Nc3ccc(S(=O)(=O)Nc4ccc(Br)cc4)cc3[C@H]3C=CC[C@H]32)c1. The van der Waals surface area contributed by atoms with Crippen molar-refractivity contribution in [2.24, 2.45) is 5.92 Å². The number of benzene rings is 3. The predicted octanol–water partition coefficient (Wildman–Crippen LogP) is 6.64. The Morgan fingerprint density at radius 1 is 1.06 bits per heavy atom. The summed E-state index contributed by atoms with van der Waals surface area (Å²) in [6.45, 7) is 0. The van der Waals surface area contributed by atoms with Gasteiger partial charge in [-0.15, -0.1) is 0 Å². The van der Waals surface area contributed by atoms with E-state index in [1.54, 1.807) is 48.5 Å². The van der Waals surface area contributed by atoms with Crippen molar-refractivity contribution >= 4 is 54.6 Å². The van der Waals surface area contributed by atoms with Gasteiger partial charge in [-0.3, -0.25) is 14.8 Å². The molecule has 0 unspecified atom stereocenters. The lowest BCUT2D eigenvalue weighted by atomic mass is 9.77. The number of halogens is 2. The van der Waals surface area contributed by atoms with E-state index in [0.29, 0.717) is 16.3 Å². The van der Waals surface area contributed by atoms with Crippen molar-refractivity contribution in [1.82, 2.24) is 0 Å². The van der Waals surface area contributed by atoms with Gasteiger partial charge in [0, 0.05) is 44.5 Å². The highest BCUT2D eigenvalue weighted by atomic mass is 79.9. The third kappa shape index (κ3) is 4.19. The minimum atomic E-state index is -3.79.